The third-order valence-corrected chi connectivity index (χ3v) is 9.68. The summed E-state index contributed by atoms with van der Waals surface area (Å²) in [6.45, 7) is 1.64. The number of hydrogen-bond acceptors (Lipinski definition) is 2. The summed E-state index contributed by atoms with van der Waals surface area (Å²) in [5, 5.41) is 0. The molecule has 0 amide bonds. The van der Waals surface area contributed by atoms with E-state index < -0.39 is 0 Å². The van der Waals surface area contributed by atoms with Gasteiger partial charge in [-0.05, 0) is 76.4 Å². The molecular formula is C47H36N4. The molecule has 0 spiro atoms. The van der Waals surface area contributed by atoms with Gasteiger partial charge >= 0.3 is 0 Å². The molecule has 2 N–H and O–H groups in total. The Bertz CT molecular complexity index is 2390. The molecule has 0 aliphatic carbocycles. The SMILES string of the molecule is C1=Cc2nc1c(-c1ccccc1)c1ccc([nH]1)c(-c1ccc(N(Cc3ccccc3)Cc3ccccc3)cc1)c1ccc([nH]1)c2-c1ccccc1. The molecule has 4 nitrogen and oxygen atoms in total. The molecule has 0 saturated carbocycles. The minimum Gasteiger partial charge on any atom is -0.363 e. The fraction of sp³-hybridized carbons (Fsp3) is 0.0426. The van der Waals surface area contributed by atoms with Crippen LogP contribution in [0.15, 0.2) is 170 Å². The fourth-order valence-corrected chi connectivity index (χ4v) is 7.25. The second kappa shape index (κ2) is 13.3. The van der Waals surface area contributed by atoms with Crippen LogP contribution >= 0.6 is 0 Å². The van der Waals surface area contributed by atoms with Crippen molar-refractivity contribution in [3.05, 3.63) is 192 Å². The summed E-state index contributed by atoms with van der Waals surface area (Å²) >= 11 is 0. The van der Waals surface area contributed by atoms with Crippen LogP contribution in [-0.4, -0.2) is 15.0 Å². The highest BCUT2D eigenvalue weighted by atomic mass is 15.1. The summed E-state index contributed by atoms with van der Waals surface area (Å²) in [7, 11) is 0. The lowest BCUT2D eigenvalue weighted by atomic mass is 10.0. The van der Waals surface area contributed by atoms with Gasteiger partial charge < -0.3 is 14.9 Å². The summed E-state index contributed by atoms with van der Waals surface area (Å²) in [6, 6.07) is 60.3. The number of anilines is 1. The lowest BCUT2D eigenvalue weighted by Crippen LogP contribution is -2.22. The fourth-order valence-electron chi connectivity index (χ4n) is 7.25. The van der Waals surface area contributed by atoms with Gasteiger partial charge in [0.1, 0.15) is 0 Å². The highest BCUT2D eigenvalue weighted by Gasteiger charge is 2.17. The second-order valence-corrected chi connectivity index (χ2v) is 13.0. The standard InChI is InChI=1S/C47H36N4/c1-5-13-33(14-6-1)31-51(32-34-15-7-2-8-16-34)38-23-21-37(22-24-38)47-43-29-27-41(49-43)45(35-17-9-3-10-18-35)39-25-26-40(48-39)46(36-19-11-4-12-20-36)42-28-30-44(47)50-42/h1-30,49-50H,31-32H2. The molecule has 51 heavy (non-hydrogen) atoms. The zero-order valence-corrected chi connectivity index (χ0v) is 28.1. The smallest absolute Gasteiger partial charge is 0.0737 e. The molecule has 6 bridgehead atoms. The first-order chi connectivity index (χ1) is 25.3. The van der Waals surface area contributed by atoms with Gasteiger partial charge in [-0.25, -0.2) is 4.98 Å². The Morgan fingerprint density at radius 2 is 0.745 bits per heavy atom. The maximum absolute atomic E-state index is 5.26. The van der Waals surface area contributed by atoms with Crippen molar-refractivity contribution in [2.45, 2.75) is 13.1 Å². The van der Waals surface area contributed by atoms with E-state index in [0.717, 1.165) is 79.9 Å². The number of benzene rings is 5. The van der Waals surface area contributed by atoms with E-state index in [1.165, 1.54) is 16.8 Å². The van der Waals surface area contributed by atoms with Gasteiger partial charge in [-0.3, -0.25) is 0 Å². The van der Waals surface area contributed by atoms with Gasteiger partial charge in [0, 0.05) is 57.5 Å². The number of nitrogens with zero attached hydrogens (tertiary/aromatic N) is 2. The Morgan fingerprint density at radius 3 is 1.18 bits per heavy atom. The first-order valence-electron chi connectivity index (χ1n) is 17.5. The summed E-state index contributed by atoms with van der Waals surface area (Å²) in [5.41, 5.74) is 16.4. The van der Waals surface area contributed by atoms with Crippen LogP contribution in [0, 0.1) is 0 Å². The van der Waals surface area contributed by atoms with E-state index in [1.54, 1.807) is 0 Å². The molecule has 3 aromatic heterocycles. The van der Waals surface area contributed by atoms with Gasteiger partial charge in [0.05, 0.1) is 11.4 Å². The molecule has 0 fully saturated rings. The molecule has 9 rings (SSSR count). The van der Waals surface area contributed by atoms with E-state index >= 15 is 0 Å². The van der Waals surface area contributed by atoms with Crippen molar-refractivity contribution >= 4 is 39.9 Å². The minimum absolute atomic E-state index is 0.818. The molecule has 4 heterocycles. The molecule has 0 atom stereocenters. The van der Waals surface area contributed by atoms with Crippen LogP contribution in [0.25, 0.3) is 67.6 Å². The first-order valence-corrected chi connectivity index (χ1v) is 17.5. The summed E-state index contributed by atoms with van der Waals surface area (Å²) in [5.74, 6) is 0. The summed E-state index contributed by atoms with van der Waals surface area (Å²) in [4.78, 5) is 15.3. The van der Waals surface area contributed by atoms with Crippen molar-refractivity contribution in [1.29, 1.82) is 0 Å². The summed E-state index contributed by atoms with van der Waals surface area (Å²) in [6.07, 6.45) is 4.28. The van der Waals surface area contributed by atoms with Crippen molar-refractivity contribution in [3.8, 4) is 33.4 Å². The monoisotopic (exact) mass is 656 g/mol. The zero-order valence-electron chi connectivity index (χ0n) is 28.1. The van der Waals surface area contributed by atoms with Crippen molar-refractivity contribution in [2.75, 3.05) is 4.90 Å². The highest BCUT2D eigenvalue weighted by molar-refractivity contribution is 6.00. The maximum Gasteiger partial charge on any atom is 0.0737 e. The number of fused-ring (bicyclic) bond motifs is 6. The van der Waals surface area contributed by atoms with Crippen LogP contribution in [0.5, 0.6) is 0 Å². The van der Waals surface area contributed by atoms with Crippen LogP contribution in [0.4, 0.5) is 5.69 Å². The van der Waals surface area contributed by atoms with Gasteiger partial charge in [0.2, 0.25) is 0 Å². The predicted octanol–water partition coefficient (Wildman–Crippen LogP) is 11.9. The van der Waals surface area contributed by atoms with E-state index in [-0.39, 0.29) is 0 Å². The van der Waals surface area contributed by atoms with Gasteiger partial charge in [-0.15, -0.1) is 0 Å². The average molecular weight is 657 g/mol. The van der Waals surface area contributed by atoms with E-state index in [0.29, 0.717) is 0 Å². The molecule has 1 aliphatic rings. The number of hydrogen-bond donors (Lipinski definition) is 2. The normalized spacial score (nSPS) is 11.6. The van der Waals surface area contributed by atoms with Crippen molar-refractivity contribution < 1.29 is 0 Å². The van der Waals surface area contributed by atoms with Gasteiger partial charge in [-0.2, -0.15) is 0 Å². The van der Waals surface area contributed by atoms with Crippen LogP contribution in [0.1, 0.15) is 22.5 Å². The molecule has 1 aliphatic heterocycles. The van der Waals surface area contributed by atoms with Crippen LogP contribution in [0.3, 0.4) is 0 Å². The number of aromatic amines is 2. The number of rotatable bonds is 8. The molecule has 8 aromatic rings. The van der Waals surface area contributed by atoms with E-state index in [9.17, 15) is 0 Å². The molecule has 244 valence electrons. The Labute approximate surface area is 297 Å². The van der Waals surface area contributed by atoms with E-state index in [4.69, 9.17) is 4.98 Å². The van der Waals surface area contributed by atoms with E-state index in [2.05, 4.69) is 197 Å². The predicted molar refractivity (Wildman–Crippen MR) is 214 cm³/mol. The molecule has 0 unspecified atom stereocenters. The lowest BCUT2D eigenvalue weighted by Gasteiger charge is -2.25. The first kappa shape index (κ1) is 30.4. The Hall–Kier alpha value is -6.65. The van der Waals surface area contributed by atoms with Crippen molar-refractivity contribution in [1.82, 2.24) is 15.0 Å². The lowest BCUT2D eigenvalue weighted by molar-refractivity contribution is 0.800. The topological polar surface area (TPSA) is 47.7 Å². The molecule has 5 aromatic carbocycles. The summed E-state index contributed by atoms with van der Waals surface area (Å²) < 4.78 is 0. The zero-order chi connectivity index (χ0) is 34.0. The van der Waals surface area contributed by atoms with E-state index in [1.807, 2.05) is 0 Å². The number of nitrogens with one attached hydrogen (secondary N) is 2. The maximum atomic E-state index is 5.26. The third-order valence-electron chi connectivity index (χ3n) is 9.68. The second-order valence-electron chi connectivity index (χ2n) is 13.0. The molecular weight excluding hydrogens is 621 g/mol. The van der Waals surface area contributed by atoms with Crippen LogP contribution < -0.4 is 4.90 Å². The largest absolute Gasteiger partial charge is 0.363 e. The number of H-pyrrole nitrogens is 2. The molecule has 4 heteroatoms. The molecule has 0 saturated heterocycles. The van der Waals surface area contributed by atoms with Crippen LogP contribution in [0.2, 0.25) is 0 Å². The van der Waals surface area contributed by atoms with Gasteiger partial charge in [0.25, 0.3) is 0 Å². The Kier molecular flexibility index (Phi) is 7.95. The van der Waals surface area contributed by atoms with Gasteiger partial charge in [0.15, 0.2) is 0 Å². The van der Waals surface area contributed by atoms with Crippen LogP contribution in [-0.2, 0) is 13.1 Å². The van der Waals surface area contributed by atoms with Crippen molar-refractivity contribution in [3.63, 3.8) is 0 Å². The minimum atomic E-state index is 0.818. The average Bonchev–Trinajstić information content (AvgIpc) is 3.97. The van der Waals surface area contributed by atoms with Crippen molar-refractivity contribution in [2.24, 2.45) is 0 Å². The quantitative estimate of drug-likeness (QED) is 0.171. The van der Waals surface area contributed by atoms with Gasteiger partial charge in [-0.1, -0.05) is 133 Å². The third kappa shape index (κ3) is 6.09. The molecule has 0 radical (unpaired) electrons. The Morgan fingerprint density at radius 1 is 0.373 bits per heavy atom. The Balaban J connectivity index is 1.24. The highest BCUT2D eigenvalue weighted by Crippen LogP contribution is 2.37. The number of aromatic nitrogens is 3.